The molecule has 4 nitrogen and oxygen atoms in total. The highest BCUT2D eigenvalue weighted by atomic mass is 32.2. The number of pyridine rings is 1. The topological polar surface area (TPSA) is 76.2 Å². The van der Waals surface area contributed by atoms with E-state index in [0.29, 0.717) is 18.0 Å². The SMILES string of the molecule is NC(CCSc1c(F)cnc(F)c1F)C(=O)O. The maximum atomic E-state index is 13.1. The smallest absolute Gasteiger partial charge is 0.320 e. The normalized spacial score (nSPS) is 12.5. The lowest BCUT2D eigenvalue weighted by molar-refractivity contribution is -0.138. The maximum absolute atomic E-state index is 13.1. The molecule has 0 aliphatic rings. The second-order valence-electron chi connectivity index (χ2n) is 3.12. The predicted octanol–water partition coefficient (Wildman–Crippen LogP) is 1.39. The van der Waals surface area contributed by atoms with Crippen LogP contribution in [-0.4, -0.2) is 27.9 Å². The van der Waals surface area contributed by atoms with Crippen LogP contribution in [0.4, 0.5) is 13.2 Å². The lowest BCUT2D eigenvalue weighted by Gasteiger charge is -2.07. The van der Waals surface area contributed by atoms with E-state index in [-0.39, 0.29) is 12.2 Å². The van der Waals surface area contributed by atoms with Crippen LogP contribution in [0.25, 0.3) is 0 Å². The van der Waals surface area contributed by atoms with Gasteiger partial charge in [-0.1, -0.05) is 0 Å². The highest BCUT2D eigenvalue weighted by Crippen LogP contribution is 2.26. The van der Waals surface area contributed by atoms with Crippen molar-refractivity contribution in [3.63, 3.8) is 0 Å². The summed E-state index contributed by atoms with van der Waals surface area (Å²) < 4.78 is 38.9. The molecule has 1 atom stereocenters. The lowest BCUT2D eigenvalue weighted by atomic mass is 10.2. The van der Waals surface area contributed by atoms with Crippen LogP contribution in [0.5, 0.6) is 0 Å². The van der Waals surface area contributed by atoms with E-state index in [1.54, 1.807) is 0 Å². The summed E-state index contributed by atoms with van der Waals surface area (Å²) in [4.78, 5) is 12.7. The average molecular weight is 266 g/mol. The van der Waals surface area contributed by atoms with E-state index in [1.165, 1.54) is 0 Å². The molecular weight excluding hydrogens is 257 g/mol. The third-order valence-corrected chi connectivity index (χ3v) is 2.98. The molecule has 0 spiro atoms. The van der Waals surface area contributed by atoms with Gasteiger partial charge in [-0.3, -0.25) is 4.79 Å². The Labute approximate surface area is 99.0 Å². The number of nitrogens with zero attached hydrogens (tertiary/aromatic N) is 1. The number of thioether (sulfide) groups is 1. The molecule has 0 radical (unpaired) electrons. The van der Waals surface area contributed by atoms with Crippen molar-refractivity contribution in [1.29, 1.82) is 0 Å². The van der Waals surface area contributed by atoms with Crippen LogP contribution in [0.15, 0.2) is 11.1 Å². The fraction of sp³-hybridized carbons (Fsp3) is 0.333. The third-order valence-electron chi connectivity index (χ3n) is 1.88. The summed E-state index contributed by atoms with van der Waals surface area (Å²) in [5.74, 6) is -4.90. The molecule has 0 aromatic carbocycles. The van der Waals surface area contributed by atoms with Gasteiger partial charge in [-0.25, -0.2) is 13.8 Å². The highest BCUT2D eigenvalue weighted by molar-refractivity contribution is 7.99. The molecule has 0 saturated carbocycles. The van der Waals surface area contributed by atoms with Crippen molar-refractivity contribution in [1.82, 2.24) is 4.98 Å². The fourth-order valence-electron chi connectivity index (χ4n) is 0.971. The summed E-state index contributed by atoms with van der Waals surface area (Å²) in [7, 11) is 0. The predicted molar refractivity (Wildman–Crippen MR) is 55.1 cm³/mol. The van der Waals surface area contributed by atoms with E-state index >= 15 is 0 Å². The number of nitrogens with two attached hydrogens (primary N) is 1. The Morgan fingerprint density at radius 2 is 2.18 bits per heavy atom. The number of halogens is 3. The molecule has 0 saturated heterocycles. The Balaban J connectivity index is 2.64. The van der Waals surface area contributed by atoms with E-state index in [9.17, 15) is 18.0 Å². The first-order valence-electron chi connectivity index (χ1n) is 4.54. The molecule has 1 rings (SSSR count). The van der Waals surface area contributed by atoms with Gasteiger partial charge in [0.2, 0.25) is 5.95 Å². The molecular formula is C9H9F3N2O2S. The quantitative estimate of drug-likeness (QED) is 0.622. The summed E-state index contributed by atoms with van der Waals surface area (Å²) in [5, 5.41) is 8.48. The van der Waals surface area contributed by atoms with Crippen LogP contribution in [-0.2, 0) is 4.79 Å². The Morgan fingerprint density at radius 1 is 1.53 bits per heavy atom. The van der Waals surface area contributed by atoms with Crippen LogP contribution in [0, 0.1) is 17.6 Å². The molecule has 8 heteroatoms. The van der Waals surface area contributed by atoms with Gasteiger partial charge in [0.1, 0.15) is 6.04 Å². The molecule has 1 heterocycles. The molecule has 0 bridgehead atoms. The zero-order valence-corrected chi connectivity index (χ0v) is 9.31. The second-order valence-corrected chi connectivity index (χ2v) is 4.23. The van der Waals surface area contributed by atoms with Gasteiger partial charge in [0.05, 0.1) is 11.1 Å². The van der Waals surface area contributed by atoms with Gasteiger partial charge >= 0.3 is 5.97 Å². The van der Waals surface area contributed by atoms with Crippen LogP contribution < -0.4 is 5.73 Å². The first-order valence-corrected chi connectivity index (χ1v) is 5.52. The zero-order valence-electron chi connectivity index (χ0n) is 8.49. The van der Waals surface area contributed by atoms with Gasteiger partial charge < -0.3 is 10.8 Å². The highest BCUT2D eigenvalue weighted by Gasteiger charge is 2.17. The van der Waals surface area contributed by atoms with Crippen LogP contribution >= 0.6 is 11.8 Å². The van der Waals surface area contributed by atoms with Crippen molar-refractivity contribution in [2.75, 3.05) is 5.75 Å². The standard InChI is InChI=1S/C9H9F3N2O2S/c10-4-3-14-8(12)6(11)7(4)17-2-1-5(13)9(15)16/h3,5H,1-2,13H2,(H,15,16). The minimum Gasteiger partial charge on any atom is -0.480 e. The average Bonchev–Trinajstić information content (AvgIpc) is 2.28. The number of carboxylic acids is 1. The lowest BCUT2D eigenvalue weighted by Crippen LogP contribution is -2.30. The van der Waals surface area contributed by atoms with Crippen LogP contribution in [0.2, 0.25) is 0 Å². The summed E-state index contributed by atoms with van der Waals surface area (Å²) >= 11 is 0.660. The van der Waals surface area contributed by atoms with Gasteiger partial charge in [-0.2, -0.15) is 4.39 Å². The van der Waals surface area contributed by atoms with Crippen LogP contribution in [0.1, 0.15) is 6.42 Å². The zero-order chi connectivity index (χ0) is 13.0. The summed E-state index contributed by atoms with van der Waals surface area (Å²) in [6.07, 6.45) is 0.584. The second kappa shape index (κ2) is 5.87. The largest absolute Gasteiger partial charge is 0.480 e. The molecule has 1 aromatic rings. The number of hydrogen-bond donors (Lipinski definition) is 2. The van der Waals surface area contributed by atoms with E-state index in [0.717, 1.165) is 0 Å². The Hall–Kier alpha value is -1.28. The van der Waals surface area contributed by atoms with E-state index in [2.05, 4.69) is 4.98 Å². The monoisotopic (exact) mass is 266 g/mol. The summed E-state index contributed by atoms with van der Waals surface area (Å²) in [5.41, 5.74) is 5.20. The van der Waals surface area contributed by atoms with Crippen molar-refractivity contribution in [3.8, 4) is 0 Å². The maximum Gasteiger partial charge on any atom is 0.320 e. The third kappa shape index (κ3) is 3.60. The number of hydrogen-bond acceptors (Lipinski definition) is 4. The first-order chi connectivity index (χ1) is 7.93. The molecule has 94 valence electrons. The van der Waals surface area contributed by atoms with E-state index in [4.69, 9.17) is 10.8 Å². The van der Waals surface area contributed by atoms with Crippen molar-refractivity contribution in [3.05, 3.63) is 23.8 Å². The molecule has 3 N–H and O–H groups in total. The van der Waals surface area contributed by atoms with Crippen molar-refractivity contribution < 1.29 is 23.1 Å². The van der Waals surface area contributed by atoms with Crippen molar-refractivity contribution in [2.45, 2.75) is 17.4 Å². The minimum absolute atomic E-state index is 0.0167. The number of carbonyl (C=O) groups is 1. The molecule has 0 aliphatic carbocycles. The van der Waals surface area contributed by atoms with Gasteiger partial charge in [0, 0.05) is 5.75 Å². The minimum atomic E-state index is -1.39. The Bertz CT molecular complexity index is 431. The van der Waals surface area contributed by atoms with Gasteiger partial charge in [0.25, 0.3) is 0 Å². The Morgan fingerprint density at radius 3 is 2.76 bits per heavy atom. The summed E-state index contributed by atoms with van der Waals surface area (Å²) in [6, 6.07) is -1.11. The van der Waals surface area contributed by atoms with Gasteiger partial charge in [-0.15, -0.1) is 11.8 Å². The molecule has 0 amide bonds. The number of aliphatic carboxylic acids is 1. The van der Waals surface area contributed by atoms with Gasteiger partial charge in [-0.05, 0) is 6.42 Å². The summed E-state index contributed by atoms with van der Waals surface area (Å²) in [6.45, 7) is 0. The molecule has 0 fully saturated rings. The molecule has 0 aliphatic heterocycles. The fourth-order valence-corrected chi connectivity index (χ4v) is 1.95. The van der Waals surface area contributed by atoms with Crippen molar-refractivity contribution >= 4 is 17.7 Å². The first kappa shape index (κ1) is 13.8. The Kier molecular flexibility index (Phi) is 4.76. The van der Waals surface area contributed by atoms with Gasteiger partial charge in [0.15, 0.2) is 11.6 Å². The number of rotatable bonds is 5. The van der Waals surface area contributed by atoms with E-state index < -0.39 is 34.5 Å². The van der Waals surface area contributed by atoms with Crippen LogP contribution in [0.3, 0.4) is 0 Å². The van der Waals surface area contributed by atoms with Crippen molar-refractivity contribution in [2.24, 2.45) is 5.73 Å². The number of aromatic nitrogens is 1. The molecule has 17 heavy (non-hydrogen) atoms. The molecule has 1 unspecified atom stereocenters. The molecule has 1 aromatic heterocycles. The van der Waals surface area contributed by atoms with E-state index in [1.807, 2.05) is 0 Å². The number of carboxylic acid groups (broad SMARTS) is 1.